The smallest absolute Gasteiger partial charge is 0.227 e. The number of nitrogens with one attached hydrogen (secondary N) is 1. The number of rotatable bonds is 7. The van der Waals surface area contributed by atoms with Crippen LogP contribution < -0.4 is 11.1 Å². The maximum absolute atomic E-state index is 11.8. The lowest BCUT2D eigenvalue weighted by molar-refractivity contribution is -0.125. The van der Waals surface area contributed by atoms with E-state index in [1.807, 2.05) is 30.3 Å². The Morgan fingerprint density at radius 2 is 2.15 bits per heavy atom. The third-order valence-corrected chi connectivity index (χ3v) is 3.34. The van der Waals surface area contributed by atoms with Gasteiger partial charge in [0.2, 0.25) is 5.91 Å². The van der Waals surface area contributed by atoms with Gasteiger partial charge in [0.15, 0.2) is 0 Å². The molecule has 5 nitrogen and oxygen atoms in total. The van der Waals surface area contributed by atoms with Gasteiger partial charge in [-0.15, -0.1) is 0 Å². The quantitative estimate of drug-likeness (QED) is 0.720. The highest BCUT2D eigenvalue weighted by atomic mass is 16.5. The Kier molecular flexibility index (Phi) is 5.98. The molecule has 0 spiro atoms. The Morgan fingerprint density at radius 1 is 1.35 bits per heavy atom. The van der Waals surface area contributed by atoms with E-state index in [0.29, 0.717) is 33.0 Å². The van der Waals surface area contributed by atoms with Crippen LogP contribution in [0, 0.1) is 5.92 Å². The van der Waals surface area contributed by atoms with Crippen molar-refractivity contribution in [2.45, 2.75) is 19.1 Å². The lowest BCUT2D eigenvalue weighted by Gasteiger charge is -2.13. The minimum absolute atomic E-state index is 0.0157. The molecule has 0 aliphatic carbocycles. The van der Waals surface area contributed by atoms with Crippen LogP contribution in [0.1, 0.15) is 12.0 Å². The maximum atomic E-state index is 11.8. The summed E-state index contributed by atoms with van der Waals surface area (Å²) in [5, 5.41) is 2.87. The van der Waals surface area contributed by atoms with Crippen LogP contribution in [-0.2, 0) is 20.9 Å². The molecular weight excluding hydrogens is 256 g/mol. The van der Waals surface area contributed by atoms with Crippen LogP contribution in [0.15, 0.2) is 30.3 Å². The average Bonchev–Trinajstić information content (AvgIpc) is 2.90. The first-order valence-corrected chi connectivity index (χ1v) is 7.00. The van der Waals surface area contributed by atoms with Crippen molar-refractivity contribution in [2.75, 3.05) is 26.4 Å². The second kappa shape index (κ2) is 7.99. The number of benzene rings is 1. The van der Waals surface area contributed by atoms with Gasteiger partial charge < -0.3 is 20.5 Å². The second-order valence-corrected chi connectivity index (χ2v) is 4.99. The highest BCUT2D eigenvalue weighted by Gasteiger charge is 2.30. The molecule has 2 atom stereocenters. The topological polar surface area (TPSA) is 73.6 Å². The molecular formula is C15H22N2O3. The monoisotopic (exact) mass is 278 g/mol. The number of carbonyl (C=O) groups is 1. The largest absolute Gasteiger partial charge is 0.379 e. The van der Waals surface area contributed by atoms with Crippen LogP contribution in [-0.4, -0.2) is 38.3 Å². The molecule has 1 aromatic carbocycles. The van der Waals surface area contributed by atoms with Gasteiger partial charge in [0, 0.05) is 19.2 Å². The Hall–Kier alpha value is -1.43. The minimum Gasteiger partial charge on any atom is -0.379 e. The van der Waals surface area contributed by atoms with E-state index in [0.717, 1.165) is 12.0 Å². The summed E-state index contributed by atoms with van der Waals surface area (Å²) in [6, 6.07) is 9.85. The van der Waals surface area contributed by atoms with Gasteiger partial charge in [-0.1, -0.05) is 30.3 Å². The molecule has 1 heterocycles. The predicted molar refractivity (Wildman–Crippen MR) is 76.0 cm³/mol. The highest BCUT2D eigenvalue weighted by molar-refractivity contribution is 5.79. The number of hydrogen-bond acceptors (Lipinski definition) is 4. The Labute approximate surface area is 119 Å². The molecule has 0 aromatic heterocycles. The molecule has 20 heavy (non-hydrogen) atoms. The van der Waals surface area contributed by atoms with Gasteiger partial charge in [0.1, 0.15) is 0 Å². The number of ether oxygens (including phenoxy) is 2. The molecule has 3 N–H and O–H groups in total. The number of hydrogen-bond donors (Lipinski definition) is 2. The number of amides is 1. The Bertz CT molecular complexity index is 411. The zero-order chi connectivity index (χ0) is 14.2. The third-order valence-electron chi connectivity index (χ3n) is 3.34. The van der Waals surface area contributed by atoms with Crippen molar-refractivity contribution in [1.29, 1.82) is 0 Å². The van der Waals surface area contributed by atoms with Crippen molar-refractivity contribution in [2.24, 2.45) is 11.7 Å². The molecule has 1 aromatic rings. The molecule has 1 fully saturated rings. The summed E-state index contributed by atoms with van der Waals surface area (Å²) in [5.41, 5.74) is 6.94. The van der Waals surface area contributed by atoms with E-state index < -0.39 is 0 Å². The van der Waals surface area contributed by atoms with Gasteiger partial charge >= 0.3 is 0 Å². The van der Waals surface area contributed by atoms with Gasteiger partial charge in [0.25, 0.3) is 0 Å². The Balaban J connectivity index is 1.52. The van der Waals surface area contributed by atoms with E-state index in [1.165, 1.54) is 0 Å². The van der Waals surface area contributed by atoms with Crippen molar-refractivity contribution >= 4 is 5.91 Å². The van der Waals surface area contributed by atoms with Crippen LogP contribution in [0.2, 0.25) is 0 Å². The van der Waals surface area contributed by atoms with E-state index in [1.54, 1.807) is 0 Å². The summed E-state index contributed by atoms with van der Waals surface area (Å²) in [5.74, 6) is -0.224. The zero-order valence-corrected chi connectivity index (χ0v) is 11.6. The van der Waals surface area contributed by atoms with E-state index in [-0.39, 0.29) is 17.9 Å². The molecule has 0 radical (unpaired) electrons. The fourth-order valence-electron chi connectivity index (χ4n) is 2.12. The predicted octanol–water partition coefficient (Wildman–Crippen LogP) is 0.683. The van der Waals surface area contributed by atoms with Crippen molar-refractivity contribution in [3.05, 3.63) is 35.9 Å². The normalized spacial score (nSPS) is 21.9. The minimum atomic E-state index is -0.208. The van der Waals surface area contributed by atoms with Gasteiger partial charge in [0.05, 0.1) is 25.7 Å². The molecule has 1 aliphatic rings. The van der Waals surface area contributed by atoms with Crippen LogP contribution >= 0.6 is 0 Å². The highest BCUT2D eigenvalue weighted by Crippen LogP contribution is 2.11. The summed E-state index contributed by atoms with van der Waals surface area (Å²) >= 11 is 0. The van der Waals surface area contributed by atoms with Crippen molar-refractivity contribution in [1.82, 2.24) is 5.32 Å². The molecule has 2 unspecified atom stereocenters. The van der Waals surface area contributed by atoms with Crippen LogP contribution in [0.25, 0.3) is 0 Å². The number of nitrogens with two attached hydrogens (primary N) is 1. The van der Waals surface area contributed by atoms with E-state index in [4.69, 9.17) is 15.2 Å². The van der Waals surface area contributed by atoms with Gasteiger partial charge in [-0.25, -0.2) is 0 Å². The molecule has 0 saturated carbocycles. The Morgan fingerprint density at radius 3 is 2.85 bits per heavy atom. The first-order chi connectivity index (χ1) is 9.77. The first kappa shape index (κ1) is 15.0. The van der Waals surface area contributed by atoms with Crippen LogP contribution in [0.3, 0.4) is 0 Å². The standard InChI is InChI=1S/C15H22N2O3/c16-14-11-20-10-13(14)15(18)17-7-4-8-19-9-12-5-2-1-3-6-12/h1-3,5-6,13-14H,4,7-11,16H2,(H,17,18). The van der Waals surface area contributed by atoms with E-state index in [2.05, 4.69) is 5.32 Å². The lowest BCUT2D eigenvalue weighted by Crippen LogP contribution is -2.41. The van der Waals surface area contributed by atoms with Gasteiger partial charge in [-0.05, 0) is 12.0 Å². The molecule has 1 amide bonds. The van der Waals surface area contributed by atoms with Gasteiger partial charge in [-0.3, -0.25) is 4.79 Å². The number of carbonyl (C=O) groups excluding carboxylic acids is 1. The zero-order valence-electron chi connectivity index (χ0n) is 11.6. The van der Waals surface area contributed by atoms with Gasteiger partial charge in [-0.2, -0.15) is 0 Å². The van der Waals surface area contributed by atoms with Crippen molar-refractivity contribution < 1.29 is 14.3 Å². The average molecular weight is 278 g/mol. The molecule has 0 bridgehead atoms. The van der Waals surface area contributed by atoms with E-state index >= 15 is 0 Å². The van der Waals surface area contributed by atoms with Crippen molar-refractivity contribution in [3.63, 3.8) is 0 Å². The summed E-state index contributed by atoms with van der Waals surface area (Å²) in [6.45, 7) is 2.74. The summed E-state index contributed by atoms with van der Waals surface area (Å²) < 4.78 is 10.7. The fourth-order valence-corrected chi connectivity index (χ4v) is 2.12. The first-order valence-electron chi connectivity index (χ1n) is 7.00. The van der Waals surface area contributed by atoms with Crippen molar-refractivity contribution in [3.8, 4) is 0 Å². The molecule has 2 rings (SSSR count). The molecule has 1 aliphatic heterocycles. The van der Waals surface area contributed by atoms with Crippen LogP contribution in [0.4, 0.5) is 0 Å². The maximum Gasteiger partial charge on any atom is 0.227 e. The van der Waals surface area contributed by atoms with Crippen LogP contribution in [0.5, 0.6) is 0 Å². The second-order valence-electron chi connectivity index (χ2n) is 4.99. The fraction of sp³-hybridized carbons (Fsp3) is 0.533. The SMILES string of the molecule is NC1COCC1C(=O)NCCCOCc1ccccc1. The molecule has 1 saturated heterocycles. The molecule has 110 valence electrons. The summed E-state index contributed by atoms with van der Waals surface area (Å²) in [6.07, 6.45) is 0.793. The lowest BCUT2D eigenvalue weighted by atomic mass is 10.0. The molecule has 5 heteroatoms. The summed E-state index contributed by atoms with van der Waals surface area (Å²) in [7, 11) is 0. The third kappa shape index (κ3) is 4.59. The summed E-state index contributed by atoms with van der Waals surface area (Å²) in [4.78, 5) is 11.8. The van der Waals surface area contributed by atoms with E-state index in [9.17, 15) is 4.79 Å².